The summed E-state index contributed by atoms with van der Waals surface area (Å²) in [5.41, 5.74) is 0.615. The second-order valence-corrected chi connectivity index (χ2v) is 7.58. The number of benzene rings is 1. The van der Waals surface area contributed by atoms with Crippen LogP contribution >= 0.6 is 0 Å². The number of nitrogens with one attached hydrogen (secondary N) is 1. The van der Waals surface area contributed by atoms with Crippen molar-refractivity contribution in [2.45, 2.75) is 25.5 Å². The van der Waals surface area contributed by atoms with Crippen LogP contribution in [0.5, 0.6) is 0 Å². The molecule has 1 atom stereocenters. The second-order valence-electron chi connectivity index (χ2n) is 5.60. The first-order valence-corrected chi connectivity index (χ1v) is 9.27. The summed E-state index contributed by atoms with van der Waals surface area (Å²) in [6, 6.07) is 5.51. The van der Waals surface area contributed by atoms with Gasteiger partial charge in [0.2, 0.25) is 15.9 Å². The van der Waals surface area contributed by atoms with Gasteiger partial charge in [-0.05, 0) is 30.5 Å². The number of halogens is 1. The molecule has 1 aromatic rings. The van der Waals surface area contributed by atoms with E-state index < -0.39 is 15.8 Å². The van der Waals surface area contributed by atoms with Crippen molar-refractivity contribution < 1.29 is 22.3 Å². The van der Waals surface area contributed by atoms with Crippen molar-refractivity contribution in [2.24, 2.45) is 0 Å². The number of ether oxygens (including phenoxy) is 1. The SMILES string of the molecule is CS(=O)(=O)N(CC(=O)NC[C@H]1CCCO1)Cc1ccc(F)cc1. The number of amides is 1. The lowest BCUT2D eigenvalue weighted by Gasteiger charge is -2.20. The van der Waals surface area contributed by atoms with Gasteiger partial charge in [-0.2, -0.15) is 4.31 Å². The predicted molar refractivity (Wildman–Crippen MR) is 83.6 cm³/mol. The average molecular weight is 344 g/mol. The smallest absolute Gasteiger partial charge is 0.235 e. The van der Waals surface area contributed by atoms with Gasteiger partial charge in [-0.25, -0.2) is 12.8 Å². The van der Waals surface area contributed by atoms with Crippen LogP contribution in [-0.2, 0) is 26.1 Å². The van der Waals surface area contributed by atoms with Crippen molar-refractivity contribution in [2.75, 3.05) is 26.0 Å². The monoisotopic (exact) mass is 344 g/mol. The molecule has 0 radical (unpaired) electrons. The molecule has 23 heavy (non-hydrogen) atoms. The maximum absolute atomic E-state index is 12.9. The van der Waals surface area contributed by atoms with Crippen LogP contribution in [0.1, 0.15) is 18.4 Å². The first-order chi connectivity index (χ1) is 10.8. The summed E-state index contributed by atoms with van der Waals surface area (Å²) in [4.78, 5) is 12.0. The zero-order valence-electron chi connectivity index (χ0n) is 13.0. The second kappa shape index (κ2) is 7.85. The molecule has 0 saturated carbocycles. The number of carbonyl (C=O) groups is 1. The van der Waals surface area contributed by atoms with Crippen LogP contribution in [0.25, 0.3) is 0 Å². The van der Waals surface area contributed by atoms with Crippen molar-refractivity contribution in [3.63, 3.8) is 0 Å². The van der Waals surface area contributed by atoms with Gasteiger partial charge in [-0.3, -0.25) is 4.79 Å². The van der Waals surface area contributed by atoms with Crippen molar-refractivity contribution in [1.82, 2.24) is 9.62 Å². The van der Waals surface area contributed by atoms with E-state index in [2.05, 4.69) is 5.32 Å². The minimum Gasteiger partial charge on any atom is -0.376 e. The highest BCUT2D eigenvalue weighted by atomic mass is 32.2. The highest BCUT2D eigenvalue weighted by molar-refractivity contribution is 7.88. The van der Waals surface area contributed by atoms with E-state index >= 15 is 0 Å². The van der Waals surface area contributed by atoms with Gasteiger partial charge in [-0.15, -0.1) is 0 Å². The third-order valence-electron chi connectivity index (χ3n) is 3.61. The zero-order valence-corrected chi connectivity index (χ0v) is 13.8. The van der Waals surface area contributed by atoms with E-state index in [1.807, 2.05) is 0 Å². The third-order valence-corrected chi connectivity index (χ3v) is 4.81. The first kappa shape index (κ1) is 17.8. The fraction of sp³-hybridized carbons (Fsp3) is 0.533. The predicted octanol–water partition coefficient (Wildman–Crippen LogP) is 0.882. The quantitative estimate of drug-likeness (QED) is 0.797. The fourth-order valence-corrected chi connectivity index (χ4v) is 3.07. The van der Waals surface area contributed by atoms with Crippen molar-refractivity contribution in [1.29, 1.82) is 0 Å². The Kier molecular flexibility index (Phi) is 6.09. The standard InChI is InChI=1S/C15H21FN2O4S/c1-23(20,21)18(10-12-4-6-13(16)7-5-12)11-15(19)17-9-14-3-2-8-22-14/h4-7,14H,2-3,8-11H2,1H3,(H,17,19)/t14-/m1/s1. The van der Waals surface area contributed by atoms with E-state index in [1.165, 1.54) is 24.3 Å². The molecule has 1 N–H and O–H groups in total. The molecule has 0 bridgehead atoms. The number of rotatable bonds is 7. The molecule has 1 saturated heterocycles. The molecular formula is C15H21FN2O4S. The number of carbonyl (C=O) groups excluding carboxylic acids is 1. The molecule has 1 heterocycles. The molecule has 2 rings (SSSR count). The Morgan fingerprint density at radius 1 is 1.39 bits per heavy atom. The van der Waals surface area contributed by atoms with Crippen molar-refractivity contribution in [3.05, 3.63) is 35.6 Å². The first-order valence-electron chi connectivity index (χ1n) is 7.42. The maximum atomic E-state index is 12.9. The topological polar surface area (TPSA) is 75.7 Å². The van der Waals surface area contributed by atoms with Crippen LogP contribution in [0.4, 0.5) is 4.39 Å². The summed E-state index contributed by atoms with van der Waals surface area (Å²) in [6.07, 6.45) is 2.92. The molecule has 0 spiro atoms. The van der Waals surface area contributed by atoms with Crippen molar-refractivity contribution in [3.8, 4) is 0 Å². The maximum Gasteiger partial charge on any atom is 0.235 e. The number of hydrogen-bond acceptors (Lipinski definition) is 4. The van der Waals surface area contributed by atoms with E-state index in [0.717, 1.165) is 23.4 Å². The largest absolute Gasteiger partial charge is 0.376 e. The molecule has 1 amide bonds. The molecule has 1 aromatic carbocycles. The third kappa shape index (κ3) is 5.89. The minimum absolute atomic E-state index is 0.00253. The van der Waals surface area contributed by atoms with Gasteiger partial charge in [-0.1, -0.05) is 12.1 Å². The molecule has 128 valence electrons. The Morgan fingerprint density at radius 3 is 2.65 bits per heavy atom. The summed E-state index contributed by atoms with van der Waals surface area (Å²) in [6.45, 7) is 0.822. The average Bonchev–Trinajstić information content (AvgIpc) is 2.99. The Balaban J connectivity index is 1.92. The Morgan fingerprint density at radius 2 is 2.09 bits per heavy atom. The van der Waals surface area contributed by atoms with Gasteiger partial charge >= 0.3 is 0 Å². The van der Waals surface area contributed by atoms with Crippen LogP contribution in [0.3, 0.4) is 0 Å². The summed E-state index contributed by atoms with van der Waals surface area (Å²) in [7, 11) is -3.56. The molecule has 0 unspecified atom stereocenters. The molecule has 8 heteroatoms. The lowest BCUT2D eigenvalue weighted by atomic mass is 10.2. The molecule has 1 aliphatic heterocycles. The van der Waals surface area contributed by atoms with E-state index in [9.17, 15) is 17.6 Å². The fourth-order valence-electron chi connectivity index (χ4n) is 2.33. The molecular weight excluding hydrogens is 323 g/mol. The Labute approximate surface area is 135 Å². The normalized spacial score (nSPS) is 18.3. The van der Waals surface area contributed by atoms with Gasteiger partial charge in [0.1, 0.15) is 5.82 Å². The summed E-state index contributed by atoms with van der Waals surface area (Å²) < 4.78 is 43.1. The summed E-state index contributed by atoms with van der Waals surface area (Å²) in [5, 5.41) is 2.69. The van der Waals surface area contributed by atoms with Crippen LogP contribution in [0.15, 0.2) is 24.3 Å². The lowest BCUT2D eigenvalue weighted by Crippen LogP contribution is -2.42. The van der Waals surface area contributed by atoms with E-state index in [4.69, 9.17) is 4.74 Å². The van der Waals surface area contributed by atoms with E-state index in [1.54, 1.807) is 0 Å². The summed E-state index contributed by atoms with van der Waals surface area (Å²) in [5.74, 6) is -0.776. The van der Waals surface area contributed by atoms with Crippen LogP contribution in [-0.4, -0.2) is 50.7 Å². The highest BCUT2D eigenvalue weighted by Gasteiger charge is 2.22. The molecule has 6 nitrogen and oxygen atoms in total. The molecule has 1 fully saturated rings. The highest BCUT2D eigenvalue weighted by Crippen LogP contribution is 2.11. The Bertz CT molecular complexity index is 627. The minimum atomic E-state index is -3.56. The molecule has 1 aliphatic rings. The van der Waals surface area contributed by atoms with Gasteiger partial charge < -0.3 is 10.1 Å². The van der Waals surface area contributed by atoms with Crippen LogP contribution in [0, 0.1) is 5.82 Å². The lowest BCUT2D eigenvalue weighted by molar-refractivity contribution is -0.121. The number of sulfonamides is 1. The summed E-state index contributed by atoms with van der Waals surface area (Å²) >= 11 is 0. The zero-order chi connectivity index (χ0) is 16.9. The van der Waals surface area contributed by atoms with E-state index in [0.29, 0.717) is 18.7 Å². The van der Waals surface area contributed by atoms with Gasteiger partial charge in [0.25, 0.3) is 0 Å². The Hall–Kier alpha value is -1.51. The van der Waals surface area contributed by atoms with Gasteiger partial charge in [0.15, 0.2) is 0 Å². The van der Waals surface area contributed by atoms with Gasteiger partial charge in [0.05, 0.1) is 18.9 Å². The molecule has 0 aliphatic carbocycles. The number of nitrogens with zero attached hydrogens (tertiary/aromatic N) is 1. The number of hydrogen-bond donors (Lipinski definition) is 1. The van der Waals surface area contributed by atoms with E-state index in [-0.39, 0.29) is 25.1 Å². The van der Waals surface area contributed by atoms with Crippen LogP contribution in [0.2, 0.25) is 0 Å². The van der Waals surface area contributed by atoms with Gasteiger partial charge in [0, 0.05) is 19.7 Å². The van der Waals surface area contributed by atoms with Crippen molar-refractivity contribution >= 4 is 15.9 Å². The molecule has 0 aromatic heterocycles. The van der Waals surface area contributed by atoms with Crippen LogP contribution < -0.4 is 5.32 Å².